The Kier molecular flexibility index (Phi) is 8.01. The number of hydrogen-bond donors (Lipinski definition) is 2. The molecule has 0 saturated heterocycles. The first-order valence-electron chi connectivity index (χ1n) is 11.9. The maximum atomic E-state index is 13.1. The quantitative estimate of drug-likeness (QED) is 0.460. The van der Waals surface area contributed by atoms with E-state index in [9.17, 15) is 17.6 Å². The molecule has 1 heterocycles. The van der Waals surface area contributed by atoms with Crippen LogP contribution in [0.4, 0.5) is 4.39 Å². The van der Waals surface area contributed by atoms with Gasteiger partial charge in [-0.1, -0.05) is 24.3 Å². The molecule has 1 aromatic heterocycles. The molecule has 2 aromatic carbocycles. The van der Waals surface area contributed by atoms with Gasteiger partial charge in [0.05, 0.1) is 18.0 Å². The summed E-state index contributed by atoms with van der Waals surface area (Å²) >= 11 is 0. The number of aromatic nitrogens is 1. The zero-order chi connectivity index (χ0) is 25.7. The lowest BCUT2D eigenvalue weighted by Crippen LogP contribution is -2.41. The predicted molar refractivity (Wildman–Crippen MR) is 135 cm³/mol. The molecule has 1 unspecified atom stereocenters. The number of benzene rings is 2. The number of hydrogen-bond acceptors (Lipinski definition) is 5. The Balaban J connectivity index is 1.30. The summed E-state index contributed by atoms with van der Waals surface area (Å²) in [6, 6.07) is 15.9. The summed E-state index contributed by atoms with van der Waals surface area (Å²) in [5, 5.41) is 2.99. The number of amides is 1. The molecule has 190 valence electrons. The van der Waals surface area contributed by atoms with Gasteiger partial charge in [-0.15, -0.1) is 0 Å². The summed E-state index contributed by atoms with van der Waals surface area (Å²) in [6.07, 6.45) is 4.03. The summed E-state index contributed by atoms with van der Waals surface area (Å²) in [7, 11) is -2.13. The number of sulfonamides is 1. The molecule has 1 amide bonds. The number of methoxy groups -OCH3 is 1. The molecule has 1 fully saturated rings. The molecule has 1 atom stereocenters. The van der Waals surface area contributed by atoms with Crippen LogP contribution in [0.25, 0.3) is 11.1 Å². The molecular formula is C27H30FN3O4S. The largest absolute Gasteiger partial charge is 0.481 e. The number of carbonyl (C=O) groups excluding carboxylic acids is 1. The molecule has 9 heteroatoms. The van der Waals surface area contributed by atoms with Crippen LogP contribution in [0.2, 0.25) is 0 Å². The molecule has 0 bridgehead atoms. The van der Waals surface area contributed by atoms with Gasteiger partial charge >= 0.3 is 0 Å². The average molecular weight is 512 g/mol. The van der Waals surface area contributed by atoms with Crippen molar-refractivity contribution in [2.45, 2.75) is 49.6 Å². The van der Waals surface area contributed by atoms with E-state index in [2.05, 4.69) is 15.0 Å². The van der Waals surface area contributed by atoms with Gasteiger partial charge in [-0.25, -0.2) is 22.5 Å². The Labute approximate surface area is 211 Å². The number of halogens is 1. The minimum Gasteiger partial charge on any atom is -0.481 e. The smallest absolute Gasteiger partial charge is 0.240 e. The molecule has 4 rings (SSSR count). The number of rotatable bonds is 8. The Morgan fingerprint density at radius 3 is 2.19 bits per heavy atom. The summed E-state index contributed by atoms with van der Waals surface area (Å²) in [5.74, 6) is -0.0388. The molecule has 1 aliphatic carbocycles. The van der Waals surface area contributed by atoms with Crippen molar-refractivity contribution in [2.24, 2.45) is 5.92 Å². The third kappa shape index (κ3) is 6.27. The van der Waals surface area contributed by atoms with Crippen LogP contribution in [0.15, 0.2) is 71.8 Å². The van der Waals surface area contributed by atoms with Crippen LogP contribution < -0.4 is 14.8 Å². The van der Waals surface area contributed by atoms with Crippen molar-refractivity contribution in [2.75, 3.05) is 7.11 Å². The maximum absolute atomic E-state index is 13.1. The second-order valence-electron chi connectivity index (χ2n) is 9.07. The number of pyridine rings is 1. The van der Waals surface area contributed by atoms with E-state index in [0.717, 1.165) is 16.7 Å². The molecular weight excluding hydrogens is 481 g/mol. The monoisotopic (exact) mass is 511 g/mol. The predicted octanol–water partition coefficient (Wildman–Crippen LogP) is 4.61. The SMILES string of the molecule is COc1ccc(-c2ccc(S(=O)(=O)NC3CCC(C(=O)NC(C)c4ccc(F)cc4)CC3)cc2)cn1. The Hall–Kier alpha value is -3.30. The molecule has 1 saturated carbocycles. The van der Waals surface area contributed by atoms with Crippen LogP contribution in [-0.2, 0) is 14.8 Å². The first-order valence-corrected chi connectivity index (χ1v) is 13.4. The van der Waals surface area contributed by atoms with Crippen LogP contribution in [0.3, 0.4) is 0 Å². The average Bonchev–Trinajstić information content (AvgIpc) is 2.89. The third-order valence-electron chi connectivity index (χ3n) is 6.59. The Morgan fingerprint density at radius 2 is 1.61 bits per heavy atom. The van der Waals surface area contributed by atoms with Crippen LogP contribution in [0.1, 0.15) is 44.2 Å². The van der Waals surface area contributed by atoms with Gasteiger partial charge < -0.3 is 10.1 Å². The van der Waals surface area contributed by atoms with Gasteiger partial charge in [-0.3, -0.25) is 4.79 Å². The fourth-order valence-electron chi connectivity index (χ4n) is 4.43. The molecule has 0 aliphatic heterocycles. The zero-order valence-corrected chi connectivity index (χ0v) is 21.1. The molecule has 0 radical (unpaired) electrons. The normalized spacial score (nSPS) is 18.9. The van der Waals surface area contributed by atoms with Crippen LogP contribution in [0, 0.1) is 11.7 Å². The van der Waals surface area contributed by atoms with Gasteiger partial charge in [-0.05, 0) is 74.1 Å². The topological polar surface area (TPSA) is 97.4 Å². The zero-order valence-electron chi connectivity index (χ0n) is 20.3. The van der Waals surface area contributed by atoms with E-state index in [1.807, 2.05) is 13.0 Å². The highest BCUT2D eigenvalue weighted by atomic mass is 32.2. The third-order valence-corrected chi connectivity index (χ3v) is 8.13. The highest BCUT2D eigenvalue weighted by Gasteiger charge is 2.29. The van der Waals surface area contributed by atoms with Crippen LogP contribution in [-0.4, -0.2) is 32.5 Å². The van der Waals surface area contributed by atoms with Crippen molar-refractivity contribution in [3.63, 3.8) is 0 Å². The van der Waals surface area contributed by atoms with E-state index < -0.39 is 10.0 Å². The lowest BCUT2D eigenvalue weighted by Gasteiger charge is -2.29. The van der Waals surface area contributed by atoms with Gasteiger partial charge in [0.25, 0.3) is 0 Å². The molecule has 7 nitrogen and oxygen atoms in total. The van der Waals surface area contributed by atoms with E-state index in [4.69, 9.17) is 4.74 Å². The van der Waals surface area contributed by atoms with Gasteiger partial charge in [0.1, 0.15) is 5.82 Å². The van der Waals surface area contributed by atoms with Gasteiger partial charge in [0.15, 0.2) is 0 Å². The van der Waals surface area contributed by atoms with Gasteiger partial charge in [0, 0.05) is 29.8 Å². The van der Waals surface area contributed by atoms with E-state index in [1.165, 1.54) is 12.1 Å². The molecule has 2 N–H and O–H groups in total. The Bertz CT molecular complexity index is 1270. The van der Waals surface area contributed by atoms with Crippen molar-refractivity contribution >= 4 is 15.9 Å². The van der Waals surface area contributed by atoms with Crippen molar-refractivity contribution < 1.29 is 22.3 Å². The van der Waals surface area contributed by atoms with E-state index in [-0.39, 0.29) is 34.6 Å². The number of nitrogens with zero attached hydrogens (tertiary/aromatic N) is 1. The van der Waals surface area contributed by atoms with Crippen molar-refractivity contribution in [3.05, 3.63) is 78.2 Å². The molecule has 0 spiro atoms. The maximum Gasteiger partial charge on any atom is 0.240 e. The molecule has 36 heavy (non-hydrogen) atoms. The van der Waals surface area contributed by atoms with Crippen molar-refractivity contribution in [3.8, 4) is 17.0 Å². The van der Waals surface area contributed by atoms with Gasteiger partial charge in [0.2, 0.25) is 21.8 Å². The van der Waals surface area contributed by atoms with Crippen LogP contribution >= 0.6 is 0 Å². The van der Waals surface area contributed by atoms with Gasteiger partial charge in [-0.2, -0.15) is 0 Å². The first kappa shape index (κ1) is 25.8. The summed E-state index contributed by atoms with van der Waals surface area (Å²) in [6.45, 7) is 1.86. The summed E-state index contributed by atoms with van der Waals surface area (Å²) in [5.41, 5.74) is 2.55. The fourth-order valence-corrected chi connectivity index (χ4v) is 5.73. The molecule has 1 aliphatic rings. The van der Waals surface area contributed by atoms with Crippen LogP contribution in [0.5, 0.6) is 5.88 Å². The highest BCUT2D eigenvalue weighted by molar-refractivity contribution is 7.89. The Morgan fingerprint density at radius 1 is 0.972 bits per heavy atom. The minimum absolute atomic E-state index is 0.0586. The standard InChI is InChI=1S/C27H30FN3O4S/c1-18(19-3-10-23(28)11-4-19)30-27(32)21-5-12-24(13-6-21)31-36(33,34)25-14-7-20(8-15-25)22-9-16-26(35-2)29-17-22/h3-4,7-11,14-18,21,24,31H,5-6,12-13H2,1-2H3,(H,30,32). The first-order chi connectivity index (χ1) is 17.2. The van der Waals surface area contributed by atoms with Crippen molar-refractivity contribution in [1.29, 1.82) is 0 Å². The highest BCUT2D eigenvalue weighted by Crippen LogP contribution is 2.27. The number of ether oxygens (including phenoxy) is 1. The minimum atomic E-state index is -3.68. The molecule has 3 aromatic rings. The lowest BCUT2D eigenvalue weighted by atomic mass is 9.85. The lowest BCUT2D eigenvalue weighted by molar-refractivity contribution is -0.126. The summed E-state index contributed by atoms with van der Waals surface area (Å²) < 4.78 is 46.9. The van der Waals surface area contributed by atoms with E-state index in [0.29, 0.717) is 31.6 Å². The summed E-state index contributed by atoms with van der Waals surface area (Å²) in [4.78, 5) is 17.1. The second-order valence-corrected chi connectivity index (χ2v) is 10.8. The van der Waals surface area contributed by atoms with E-state index >= 15 is 0 Å². The second kappa shape index (κ2) is 11.2. The fraction of sp³-hybridized carbons (Fsp3) is 0.333. The number of nitrogens with one attached hydrogen (secondary N) is 2. The van der Waals surface area contributed by atoms with E-state index in [1.54, 1.807) is 55.8 Å². The number of carbonyl (C=O) groups is 1. The van der Waals surface area contributed by atoms with Crippen molar-refractivity contribution in [1.82, 2.24) is 15.0 Å².